The lowest BCUT2D eigenvalue weighted by Gasteiger charge is -2.04. The summed E-state index contributed by atoms with van der Waals surface area (Å²) in [6, 6.07) is 10.6. The number of hydrogen-bond acceptors (Lipinski definition) is 5. The maximum atomic E-state index is 12.6. The van der Waals surface area contributed by atoms with Crippen molar-refractivity contribution in [2.45, 2.75) is 4.90 Å². The summed E-state index contributed by atoms with van der Waals surface area (Å²) in [5.41, 5.74) is 0.583. The number of carbonyl (C=O) groups is 1. The van der Waals surface area contributed by atoms with Crippen molar-refractivity contribution in [1.82, 2.24) is 0 Å². The number of rotatable bonds is 4. The van der Waals surface area contributed by atoms with Gasteiger partial charge in [-0.3, -0.25) is 4.79 Å². The van der Waals surface area contributed by atoms with Crippen LogP contribution in [0.5, 0.6) is 5.75 Å². The Morgan fingerprint density at radius 1 is 1.21 bits per heavy atom. The molecule has 124 valence electrons. The average molecular weight is 366 g/mol. The normalized spacial score (nSPS) is 11.6. The van der Waals surface area contributed by atoms with E-state index >= 15 is 0 Å². The van der Waals surface area contributed by atoms with Crippen molar-refractivity contribution in [2.75, 3.05) is 7.11 Å². The monoisotopic (exact) mass is 365 g/mol. The van der Waals surface area contributed by atoms with Gasteiger partial charge in [0.2, 0.25) is 15.8 Å². The maximum Gasteiger partial charge on any atom is 0.239 e. The van der Waals surface area contributed by atoms with Crippen LogP contribution in [0.25, 0.3) is 11.0 Å². The molecule has 0 unspecified atom stereocenters. The summed E-state index contributed by atoms with van der Waals surface area (Å²) >= 11 is 5.82. The Morgan fingerprint density at radius 2 is 1.96 bits per heavy atom. The molecule has 0 radical (unpaired) electrons. The number of carbonyl (C=O) groups excluding carboxylic acids is 1. The van der Waals surface area contributed by atoms with Gasteiger partial charge < -0.3 is 9.15 Å². The molecule has 0 amide bonds. The molecule has 2 aromatic carbocycles. The van der Waals surface area contributed by atoms with Crippen LogP contribution in [0.2, 0.25) is 5.02 Å². The summed E-state index contributed by atoms with van der Waals surface area (Å²) < 4.78 is 33.8. The zero-order valence-electron chi connectivity index (χ0n) is 12.4. The Hall–Kier alpha value is -2.35. The predicted octanol–water partition coefficient (Wildman–Crippen LogP) is 2.97. The summed E-state index contributed by atoms with van der Waals surface area (Å²) in [7, 11) is -2.53. The summed E-state index contributed by atoms with van der Waals surface area (Å²) in [5, 5.41) is 5.69. The van der Waals surface area contributed by atoms with Crippen LogP contribution in [0.1, 0.15) is 16.1 Å². The number of ketones is 1. The van der Waals surface area contributed by atoms with Gasteiger partial charge in [0.05, 0.1) is 17.5 Å². The van der Waals surface area contributed by atoms with Crippen LogP contribution in [0.4, 0.5) is 0 Å². The van der Waals surface area contributed by atoms with Crippen molar-refractivity contribution in [3.05, 3.63) is 58.8 Å². The number of halogens is 1. The van der Waals surface area contributed by atoms with Crippen molar-refractivity contribution in [2.24, 2.45) is 5.14 Å². The van der Waals surface area contributed by atoms with Gasteiger partial charge in [0.25, 0.3) is 0 Å². The molecule has 0 aliphatic heterocycles. The van der Waals surface area contributed by atoms with Crippen LogP contribution in [-0.2, 0) is 10.0 Å². The Morgan fingerprint density at radius 3 is 2.62 bits per heavy atom. The van der Waals surface area contributed by atoms with Gasteiger partial charge in [-0.2, -0.15) is 0 Å². The third kappa shape index (κ3) is 2.89. The molecule has 0 fully saturated rings. The molecule has 0 aliphatic rings. The topological polar surface area (TPSA) is 99.6 Å². The van der Waals surface area contributed by atoms with Crippen molar-refractivity contribution in [3.63, 3.8) is 0 Å². The van der Waals surface area contributed by atoms with E-state index in [1.54, 1.807) is 24.3 Å². The molecule has 8 heteroatoms. The zero-order valence-corrected chi connectivity index (χ0v) is 14.0. The molecule has 0 atom stereocenters. The average Bonchev–Trinajstić information content (AvgIpc) is 2.97. The highest BCUT2D eigenvalue weighted by atomic mass is 35.5. The summed E-state index contributed by atoms with van der Waals surface area (Å²) in [5.74, 6) is 0.128. The Labute approximate surface area is 142 Å². The number of fused-ring (bicyclic) bond motifs is 1. The van der Waals surface area contributed by atoms with Crippen LogP contribution in [0.3, 0.4) is 0 Å². The molecule has 1 heterocycles. The fourth-order valence-electron chi connectivity index (χ4n) is 2.33. The second-order valence-corrected chi connectivity index (χ2v) is 6.94. The molecule has 0 saturated carbocycles. The van der Waals surface area contributed by atoms with Gasteiger partial charge in [-0.15, -0.1) is 0 Å². The molecule has 0 spiro atoms. The number of furan rings is 1. The first-order valence-electron chi connectivity index (χ1n) is 6.75. The molecule has 6 nitrogen and oxygen atoms in total. The lowest BCUT2D eigenvalue weighted by atomic mass is 10.1. The number of methoxy groups -OCH3 is 1. The standard InChI is InChI=1S/C16H12ClNO5S/c1-22-12-3-2-4-13-10(12)8-14(23-13)16(19)9-5-6-11(17)15(7-9)24(18,20)21/h2-8H,1H3,(H2,18,20,21). The van der Waals surface area contributed by atoms with Crippen molar-refractivity contribution in [3.8, 4) is 5.75 Å². The van der Waals surface area contributed by atoms with Crippen LogP contribution in [-0.4, -0.2) is 21.3 Å². The molecule has 24 heavy (non-hydrogen) atoms. The van der Waals surface area contributed by atoms with Crippen molar-refractivity contribution >= 4 is 38.4 Å². The minimum Gasteiger partial charge on any atom is -0.496 e. The van der Waals surface area contributed by atoms with E-state index in [0.717, 1.165) is 6.07 Å². The van der Waals surface area contributed by atoms with Crippen LogP contribution in [0.15, 0.2) is 51.8 Å². The van der Waals surface area contributed by atoms with E-state index in [9.17, 15) is 13.2 Å². The van der Waals surface area contributed by atoms with Gasteiger partial charge in [-0.05, 0) is 36.4 Å². The van der Waals surface area contributed by atoms with E-state index in [0.29, 0.717) is 16.7 Å². The lowest BCUT2D eigenvalue weighted by Crippen LogP contribution is -2.14. The zero-order chi connectivity index (χ0) is 17.5. The van der Waals surface area contributed by atoms with E-state index in [4.69, 9.17) is 25.9 Å². The number of sulfonamides is 1. The SMILES string of the molecule is COc1cccc2oc(C(=O)c3ccc(Cl)c(S(N)(=O)=O)c3)cc12. The Bertz CT molecular complexity index is 1060. The Kier molecular flexibility index (Phi) is 4.08. The second-order valence-electron chi connectivity index (χ2n) is 5.00. The highest BCUT2D eigenvalue weighted by Gasteiger charge is 2.20. The van der Waals surface area contributed by atoms with E-state index in [-0.39, 0.29) is 21.2 Å². The van der Waals surface area contributed by atoms with Crippen LogP contribution >= 0.6 is 11.6 Å². The molecule has 3 aromatic rings. The van der Waals surface area contributed by atoms with E-state index in [1.165, 1.54) is 19.2 Å². The molecular weight excluding hydrogens is 354 g/mol. The van der Waals surface area contributed by atoms with Crippen molar-refractivity contribution in [1.29, 1.82) is 0 Å². The minimum absolute atomic E-state index is 0.0530. The highest BCUT2D eigenvalue weighted by molar-refractivity contribution is 7.89. The molecule has 0 bridgehead atoms. The quantitative estimate of drug-likeness (QED) is 0.716. The summed E-state index contributed by atoms with van der Waals surface area (Å²) in [6.07, 6.45) is 0. The first kappa shape index (κ1) is 16.5. The maximum absolute atomic E-state index is 12.6. The predicted molar refractivity (Wildman–Crippen MR) is 89.0 cm³/mol. The summed E-state index contributed by atoms with van der Waals surface area (Å²) in [4.78, 5) is 12.3. The number of primary sulfonamides is 1. The fraction of sp³-hybridized carbons (Fsp3) is 0.0625. The molecule has 1 aromatic heterocycles. The third-order valence-corrected chi connectivity index (χ3v) is 4.86. The number of hydrogen-bond donors (Lipinski definition) is 1. The smallest absolute Gasteiger partial charge is 0.239 e. The lowest BCUT2D eigenvalue weighted by molar-refractivity contribution is 0.101. The number of ether oxygens (including phenoxy) is 1. The third-order valence-electron chi connectivity index (χ3n) is 3.47. The van der Waals surface area contributed by atoms with Gasteiger partial charge in [0.15, 0.2) is 5.76 Å². The van der Waals surface area contributed by atoms with Gasteiger partial charge in [-0.25, -0.2) is 13.6 Å². The van der Waals surface area contributed by atoms with Crippen LogP contribution < -0.4 is 9.88 Å². The van der Waals surface area contributed by atoms with Gasteiger partial charge in [-0.1, -0.05) is 17.7 Å². The number of nitrogens with two attached hydrogens (primary N) is 1. The van der Waals surface area contributed by atoms with Gasteiger partial charge in [0, 0.05) is 5.56 Å². The van der Waals surface area contributed by atoms with E-state index in [2.05, 4.69) is 0 Å². The first-order valence-corrected chi connectivity index (χ1v) is 8.67. The molecular formula is C16H12ClNO5S. The van der Waals surface area contributed by atoms with Gasteiger partial charge in [0.1, 0.15) is 16.2 Å². The minimum atomic E-state index is -4.04. The number of benzene rings is 2. The highest BCUT2D eigenvalue weighted by Crippen LogP contribution is 2.30. The van der Waals surface area contributed by atoms with E-state index in [1.807, 2.05) is 0 Å². The fourth-order valence-corrected chi connectivity index (χ4v) is 3.40. The largest absolute Gasteiger partial charge is 0.496 e. The molecule has 3 rings (SSSR count). The summed E-state index contributed by atoms with van der Waals surface area (Å²) in [6.45, 7) is 0. The molecule has 0 aliphatic carbocycles. The van der Waals surface area contributed by atoms with Crippen molar-refractivity contribution < 1.29 is 22.4 Å². The first-order chi connectivity index (χ1) is 11.3. The van der Waals surface area contributed by atoms with E-state index < -0.39 is 15.8 Å². The molecule has 2 N–H and O–H groups in total. The second kappa shape index (κ2) is 5.94. The Balaban J connectivity index is 2.10. The van der Waals surface area contributed by atoms with Crippen LogP contribution in [0, 0.1) is 0 Å². The van der Waals surface area contributed by atoms with Gasteiger partial charge >= 0.3 is 0 Å². The molecule has 0 saturated heterocycles.